The van der Waals surface area contributed by atoms with Gasteiger partial charge in [-0.1, -0.05) is 32.6 Å². The molecule has 0 radical (unpaired) electrons. The normalized spacial score (nSPS) is 18.5. The number of hydrogen-bond donors (Lipinski definition) is 0. The van der Waals surface area contributed by atoms with Gasteiger partial charge >= 0.3 is 0 Å². The molecule has 3 heteroatoms. The highest BCUT2D eigenvalue weighted by Crippen LogP contribution is 2.26. The van der Waals surface area contributed by atoms with Gasteiger partial charge in [-0.3, -0.25) is 9.59 Å². The second-order valence-electron chi connectivity index (χ2n) is 4.46. The molecule has 1 aliphatic carbocycles. The van der Waals surface area contributed by atoms with Crippen LogP contribution >= 0.6 is 0 Å². The molecule has 0 saturated heterocycles. The molecule has 0 N–H and O–H groups in total. The lowest BCUT2D eigenvalue weighted by atomic mass is 9.99. The monoisotopic (exact) mass is 242 g/mol. The Balaban J connectivity index is 0.000000437. The van der Waals surface area contributed by atoms with Gasteiger partial charge in [-0.05, 0) is 26.2 Å². The smallest absolute Gasteiger partial charge is 0.293 e. The molecule has 1 aliphatic rings. The molecule has 1 atom stereocenters. The molecule has 3 nitrogen and oxygen atoms in total. The first-order valence-electron chi connectivity index (χ1n) is 6.84. The molecular weight excluding hydrogens is 216 g/mol. The fourth-order valence-corrected chi connectivity index (χ4v) is 2.08. The van der Waals surface area contributed by atoms with E-state index >= 15 is 0 Å². The van der Waals surface area contributed by atoms with Gasteiger partial charge in [-0.15, -0.1) is 0 Å². The third kappa shape index (κ3) is 8.90. The summed E-state index contributed by atoms with van der Waals surface area (Å²) in [5.41, 5.74) is 0. The quantitative estimate of drug-likeness (QED) is 0.507. The van der Waals surface area contributed by atoms with Crippen molar-refractivity contribution in [2.75, 3.05) is 6.61 Å². The van der Waals surface area contributed by atoms with Crippen molar-refractivity contribution in [3.8, 4) is 0 Å². The summed E-state index contributed by atoms with van der Waals surface area (Å²) in [5, 5.41) is 0. The number of ether oxygens (including phenoxy) is 1. The number of unbranched alkanes of at least 4 members (excludes halogenated alkanes) is 3. The zero-order valence-electron chi connectivity index (χ0n) is 11.2. The standard InChI is InChI=1S/C11H20O.C3H6O2/c1-2-3-4-5-7-10-8-6-9-11(10)12;1-2-5-3-4/h10H,2-9H2,1H3;3H,2H2,1H3. The van der Waals surface area contributed by atoms with Crippen LogP contribution in [0.15, 0.2) is 0 Å². The Morgan fingerprint density at radius 2 is 2.06 bits per heavy atom. The Morgan fingerprint density at radius 3 is 2.47 bits per heavy atom. The third-order valence-electron chi connectivity index (χ3n) is 3.07. The van der Waals surface area contributed by atoms with E-state index in [-0.39, 0.29) is 0 Å². The van der Waals surface area contributed by atoms with Gasteiger partial charge < -0.3 is 4.74 Å². The average molecular weight is 242 g/mol. The van der Waals surface area contributed by atoms with Crippen LogP contribution in [0.5, 0.6) is 0 Å². The van der Waals surface area contributed by atoms with Crippen LogP contribution in [0.1, 0.15) is 65.2 Å². The minimum Gasteiger partial charge on any atom is -0.468 e. The fraction of sp³-hybridized carbons (Fsp3) is 0.857. The van der Waals surface area contributed by atoms with Gasteiger partial charge in [0, 0.05) is 12.3 Å². The first kappa shape index (κ1) is 16.1. The van der Waals surface area contributed by atoms with Crippen molar-refractivity contribution >= 4 is 12.3 Å². The maximum Gasteiger partial charge on any atom is 0.293 e. The summed E-state index contributed by atoms with van der Waals surface area (Å²) in [6, 6.07) is 0. The molecule has 100 valence electrons. The zero-order chi connectivity index (χ0) is 12.9. The summed E-state index contributed by atoms with van der Waals surface area (Å²) < 4.78 is 4.15. The molecule has 0 spiro atoms. The van der Waals surface area contributed by atoms with Crippen LogP contribution in [-0.2, 0) is 14.3 Å². The molecule has 0 aromatic heterocycles. The molecule has 1 fully saturated rings. The van der Waals surface area contributed by atoms with E-state index in [1.807, 2.05) is 0 Å². The van der Waals surface area contributed by atoms with E-state index in [2.05, 4.69) is 11.7 Å². The van der Waals surface area contributed by atoms with E-state index in [1.54, 1.807) is 6.92 Å². The molecule has 0 amide bonds. The minimum atomic E-state index is 0.431. The Bertz CT molecular complexity index is 202. The number of carbonyl (C=O) groups is 2. The van der Waals surface area contributed by atoms with Crippen molar-refractivity contribution in [3.05, 3.63) is 0 Å². The summed E-state index contributed by atoms with van der Waals surface area (Å²) >= 11 is 0. The van der Waals surface area contributed by atoms with E-state index < -0.39 is 0 Å². The number of carbonyl (C=O) groups excluding carboxylic acids is 2. The molecule has 0 aliphatic heterocycles. The molecular formula is C14H26O3. The summed E-state index contributed by atoms with van der Waals surface area (Å²) in [7, 11) is 0. The van der Waals surface area contributed by atoms with Crippen molar-refractivity contribution in [2.45, 2.75) is 65.2 Å². The van der Waals surface area contributed by atoms with Crippen molar-refractivity contribution in [1.82, 2.24) is 0 Å². The Morgan fingerprint density at radius 1 is 1.29 bits per heavy atom. The fourth-order valence-electron chi connectivity index (χ4n) is 2.08. The van der Waals surface area contributed by atoms with Crippen LogP contribution < -0.4 is 0 Å². The molecule has 17 heavy (non-hydrogen) atoms. The van der Waals surface area contributed by atoms with Gasteiger partial charge in [0.25, 0.3) is 6.47 Å². The summed E-state index contributed by atoms with van der Waals surface area (Å²) in [6.45, 7) is 4.89. The molecule has 0 bridgehead atoms. The second kappa shape index (κ2) is 11.6. The van der Waals surface area contributed by atoms with Crippen molar-refractivity contribution in [2.24, 2.45) is 5.92 Å². The topological polar surface area (TPSA) is 43.4 Å². The van der Waals surface area contributed by atoms with Crippen LogP contribution in [0.4, 0.5) is 0 Å². The first-order chi connectivity index (χ1) is 8.26. The minimum absolute atomic E-state index is 0.431. The maximum atomic E-state index is 11.2. The van der Waals surface area contributed by atoms with Crippen molar-refractivity contribution < 1.29 is 14.3 Å². The predicted molar refractivity (Wildman–Crippen MR) is 68.8 cm³/mol. The van der Waals surface area contributed by atoms with Gasteiger partial charge in [0.1, 0.15) is 5.78 Å². The van der Waals surface area contributed by atoms with Crippen molar-refractivity contribution in [3.63, 3.8) is 0 Å². The van der Waals surface area contributed by atoms with Crippen LogP contribution in [-0.4, -0.2) is 18.9 Å². The third-order valence-corrected chi connectivity index (χ3v) is 3.07. The molecule has 0 aromatic rings. The Labute approximate surface area is 105 Å². The number of ketones is 1. The lowest BCUT2D eigenvalue weighted by Gasteiger charge is -2.05. The van der Waals surface area contributed by atoms with E-state index in [1.165, 1.54) is 38.5 Å². The number of Topliss-reactive ketones (excluding diaryl/α,β-unsaturated/α-hetero) is 1. The van der Waals surface area contributed by atoms with Crippen LogP contribution in [0.3, 0.4) is 0 Å². The Hall–Kier alpha value is -0.860. The molecule has 1 unspecified atom stereocenters. The lowest BCUT2D eigenvalue weighted by molar-refractivity contribution is -0.128. The van der Waals surface area contributed by atoms with Crippen LogP contribution in [0, 0.1) is 5.92 Å². The number of hydrogen-bond acceptors (Lipinski definition) is 3. The maximum absolute atomic E-state index is 11.2. The van der Waals surface area contributed by atoms with Gasteiger partial charge in [-0.2, -0.15) is 0 Å². The molecule has 1 saturated carbocycles. The van der Waals surface area contributed by atoms with Crippen LogP contribution in [0.25, 0.3) is 0 Å². The lowest BCUT2D eigenvalue weighted by Crippen LogP contribution is -2.05. The summed E-state index contributed by atoms with van der Waals surface area (Å²) in [6.07, 6.45) is 9.56. The second-order valence-corrected chi connectivity index (χ2v) is 4.46. The molecule has 1 rings (SSSR count). The van der Waals surface area contributed by atoms with E-state index in [0.717, 1.165) is 12.8 Å². The van der Waals surface area contributed by atoms with Gasteiger partial charge in [0.05, 0.1) is 6.61 Å². The molecule has 0 heterocycles. The van der Waals surface area contributed by atoms with E-state index in [4.69, 9.17) is 0 Å². The van der Waals surface area contributed by atoms with Gasteiger partial charge in [-0.25, -0.2) is 0 Å². The molecule has 0 aromatic carbocycles. The number of rotatable bonds is 7. The highest BCUT2D eigenvalue weighted by Gasteiger charge is 2.23. The highest BCUT2D eigenvalue weighted by molar-refractivity contribution is 5.82. The van der Waals surface area contributed by atoms with E-state index in [0.29, 0.717) is 24.8 Å². The predicted octanol–water partition coefficient (Wildman–Crippen LogP) is 3.51. The zero-order valence-corrected chi connectivity index (χ0v) is 11.2. The van der Waals surface area contributed by atoms with Gasteiger partial charge in [0.15, 0.2) is 0 Å². The largest absolute Gasteiger partial charge is 0.468 e. The first-order valence-corrected chi connectivity index (χ1v) is 6.84. The SMILES string of the molecule is CCCCCCC1CCCC1=O.CCOC=O. The Kier molecular flexibility index (Phi) is 11.0. The highest BCUT2D eigenvalue weighted by atomic mass is 16.5. The van der Waals surface area contributed by atoms with E-state index in [9.17, 15) is 9.59 Å². The average Bonchev–Trinajstić information content (AvgIpc) is 2.73. The van der Waals surface area contributed by atoms with Crippen molar-refractivity contribution in [1.29, 1.82) is 0 Å². The van der Waals surface area contributed by atoms with Crippen LogP contribution in [0.2, 0.25) is 0 Å². The summed E-state index contributed by atoms with van der Waals surface area (Å²) in [5.74, 6) is 0.980. The summed E-state index contributed by atoms with van der Waals surface area (Å²) in [4.78, 5) is 20.4. The van der Waals surface area contributed by atoms with Gasteiger partial charge in [0.2, 0.25) is 0 Å².